The van der Waals surface area contributed by atoms with Crippen LogP contribution in [-0.2, 0) is 4.79 Å². The molecule has 8 heteroatoms. The normalized spacial score (nSPS) is 18.7. The van der Waals surface area contributed by atoms with Crippen LogP contribution in [0.2, 0.25) is 0 Å². The summed E-state index contributed by atoms with van der Waals surface area (Å²) < 4.78 is 0. The average Bonchev–Trinajstić information content (AvgIpc) is 2.67. The fourth-order valence-corrected chi connectivity index (χ4v) is 2.29. The number of carboxylic acid groups (broad SMARTS) is 1. The molecule has 1 atom stereocenters. The van der Waals surface area contributed by atoms with Gasteiger partial charge in [0.1, 0.15) is 0 Å². The Labute approximate surface area is 112 Å². The van der Waals surface area contributed by atoms with Crippen LogP contribution in [0.5, 0.6) is 0 Å². The maximum atomic E-state index is 11.7. The molecule has 1 aromatic carbocycles. The van der Waals surface area contributed by atoms with Gasteiger partial charge in [-0.3, -0.25) is 14.9 Å². The van der Waals surface area contributed by atoms with E-state index in [1.807, 2.05) is 0 Å². The zero-order valence-electron chi connectivity index (χ0n) is 9.58. The van der Waals surface area contributed by atoms with E-state index in [1.165, 1.54) is 17.0 Å². The van der Waals surface area contributed by atoms with Crippen molar-refractivity contribution in [2.75, 3.05) is 11.4 Å². The van der Waals surface area contributed by atoms with E-state index in [0.29, 0.717) is 0 Å². The van der Waals surface area contributed by atoms with Crippen molar-refractivity contribution in [1.82, 2.24) is 0 Å². The number of benzene rings is 1. The number of amides is 1. The molecule has 0 radical (unpaired) electrons. The molecule has 1 N–H and O–H groups in total. The largest absolute Gasteiger partial charge is 0.477 e. The first kappa shape index (κ1) is 13.3. The smallest absolute Gasteiger partial charge is 0.344 e. The van der Waals surface area contributed by atoms with Gasteiger partial charge in [0.25, 0.3) is 5.69 Å². The SMILES string of the molecule is O=C(O)c1c(N2CC(Cl)CC2=O)cccc1[N+](=O)[O-]. The van der Waals surface area contributed by atoms with Gasteiger partial charge in [0.15, 0.2) is 5.56 Å². The Kier molecular flexibility index (Phi) is 3.39. The Bertz CT molecular complexity index is 574. The monoisotopic (exact) mass is 284 g/mol. The first-order valence-electron chi connectivity index (χ1n) is 5.37. The summed E-state index contributed by atoms with van der Waals surface area (Å²) in [6, 6.07) is 3.80. The number of carbonyl (C=O) groups is 2. The number of nitrogens with zero attached hydrogens (tertiary/aromatic N) is 2. The van der Waals surface area contributed by atoms with E-state index in [9.17, 15) is 19.7 Å². The average molecular weight is 285 g/mol. The third-order valence-electron chi connectivity index (χ3n) is 2.80. The van der Waals surface area contributed by atoms with Gasteiger partial charge in [-0.15, -0.1) is 11.6 Å². The molecule has 0 spiro atoms. The molecule has 1 saturated heterocycles. The Morgan fingerprint density at radius 3 is 2.68 bits per heavy atom. The number of alkyl halides is 1. The second kappa shape index (κ2) is 4.85. The summed E-state index contributed by atoms with van der Waals surface area (Å²) >= 11 is 5.84. The Balaban J connectivity index is 2.57. The predicted octanol–water partition coefficient (Wildman–Crippen LogP) is 1.64. The summed E-state index contributed by atoms with van der Waals surface area (Å²) in [5, 5.41) is 19.6. The van der Waals surface area contributed by atoms with Crippen LogP contribution in [0.1, 0.15) is 16.8 Å². The molecule has 0 saturated carbocycles. The second-order valence-electron chi connectivity index (χ2n) is 4.04. The lowest BCUT2D eigenvalue weighted by molar-refractivity contribution is -0.385. The van der Waals surface area contributed by atoms with E-state index < -0.39 is 27.5 Å². The van der Waals surface area contributed by atoms with Crippen molar-refractivity contribution in [3.63, 3.8) is 0 Å². The van der Waals surface area contributed by atoms with Crippen LogP contribution in [-0.4, -0.2) is 33.8 Å². The molecule has 0 aromatic heterocycles. The van der Waals surface area contributed by atoms with Gasteiger partial charge in [0.2, 0.25) is 5.91 Å². The molecular weight excluding hydrogens is 276 g/mol. The van der Waals surface area contributed by atoms with Crippen LogP contribution < -0.4 is 4.90 Å². The zero-order chi connectivity index (χ0) is 14.2. The number of rotatable bonds is 3. The number of aromatic carboxylic acids is 1. The fourth-order valence-electron chi connectivity index (χ4n) is 2.02. The lowest BCUT2D eigenvalue weighted by atomic mass is 10.1. The van der Waals surface area contributed by atoms with E-state index in [-0.39, 0.29) is 24.6 Å². The highest BCUT2D eigenvalue weighted by Gasteiger charge is 2.34. The molecule has 1 fully saturated rings. The molecular formula is C11H9ClN2O5. The molecule has 1 aliphatic rings. The highest BCUT2D eigenvalue weighted by Crippen LogP contribution is 2.32. The minimum absolute atomic E-state index is 0.00912. The predicted molar refractivity (Wildman–Crippen MR) is 66.7 cm³/mol. The van der Waals surface area contributed by atoms with Gasteiger partial charge < -0.3 is 10.0 Å². The van der Waals surface area contributed by atoms with Crippen molar-refractivity contribution in [3.8, 4) is 0 Å². The van der Waals surface area contributed by atoms with Gasteiger partial charge in [-0.1, -0.05) is 6.07 Å². The number of carbonyl (C=O) groups excluding carboxylic acids is 1. The Morgan fingerprint density at radius 1 is 1.53 bits per heavy atom. The van der Waals surface area contributed by atoms with Gasteiger partial charge in [-0.05, 0) is 6.07 Å². The summed E-state index contributed by atoms with van der Waals surface area (Å²) in [6.45, 7) is 0.141. The minimum atomic E-state index is -1.45. The Hall–Kier alpha value is -2.15. The maximum absolute atomic E-state index is 11.7. The molecule has 1 aromatic rings. The van der Waals surface area contributed by atoms with Crippen molar-refractivity contribution >= 4 is 34.9 Å². The van der Waals surface area contributed by atoms with Crippen LogP contribution >= 0.6 is 11.6 Å². The van der Waals surface area contributed by atoms with Crippen molar-refractivity contribution in [3.05, 3.63) is 33.9 Å². The lowest BCUT2D eigenvalue weighted by Crippen LogP contribution is -2.27. The topological polar surface area (TPSA) is 101 Å². The summed E-state index contributed by atoms with van der Waals surface area (Å²) in [5.41, 5.74) is -1.03. The number of anilines is 1. The summed E-state index contributed by atoms with van der Waals surface area (Å²) in [7, 11) is 0. The molecule has 19 heavy (non-hydrogen) atoms. The molecule has 1 aliphatic heterocycles. The highest BCUT2D eigenvalue weighted by atomic mass is 35.5. The van der Waals surface area contributed by atoms with E-state index in [4.69, 9.17) is 16.7 Å². The van der Waals surface area contributed by atoms with Gasteiger partial charge in [0, 0.05) is 19.0 Å². The number of hydrogen-bond acceptors (Lipinski definition) is 4. The zero-order valence-corrected chi connectivity index (χ0v) is 10.3. The highest BCUT2D eigenvalue weighted by molar-refractivity contribution is 6.24. The summed E-state index contributed by atoms with van der Waals surface area (Å²) in [6.07, 6.45) is 0.0866. The van der Waals surface area contributed by atoms with E-state index >= 15 is 0 Å². The maximum Gasteiger partial charge on any atom is 0.344 e. The van der Waals surface area contributed by atoms with Gasteiger partial charge in [-0.25, -0.2) is 4.79 Å². The second-order valence-corrected chi connectivity index (χ2v) is 4.66. The fraction of sp³-hybridized carbons (Fsp3) is 0.273. The van der Waals surface area contributed by atoms with Crippen LogP contribution in [0.3, 0.4) is 0 Å². The number of hydrogen-bond donors (Lipinski definition) is 1. The molecule has 100 valence electrons. The van der Waals surface area contributed by atoms with E-state index in [0.717, 1.165) is 6.07 Å². The molecule has 2 rings (SSSR count). The van der Waals surface area contributed by atoms with E-state index in [1.54, 1.807) is 0 Å². The van der Waals surface area contributed by atoms with Crippen molar-refractivity contribution in [2.24, 2.45) is 0 Å². The standard InChI is InChI=1S/C11H9ClN2O5/c12-6-4-9(15)13(5-6)7-2-1-3-8(14(18)19)10(7)11(16)17/h1-3,6H,4-5H2,(H,16,17). The van der Waals surface area contributed by atoms with Crippen LogP contribution in [0, 0.1) is 10.1 Å². The van der Waals surface area contributed by atoms with Gasteiger partial charge >= 0.3 is 5.97 Å². The molecule has 1 amide bonds. The summed E-state index contributed by atoms with van der Waals surface area (Å²) in [4.78, 5) is 34.2. The van der Waals surface area contributed by atoms with Gasteiger partial charge in [0.05, 0.1) is 16.0 Å². The third-order valence-corrected chi connectivity index (χ3v) is 3.09. The van der Waals surface area contributed by atoms with Gasteiger partial charge in [-0.2, -0.15) is 0 Å². The number of nitro benzene ring substituents is 1. The first-order valence-corrected chi connectivity index (χ1v) is 5.80. The van der Waals surface area contributed by atoms with Crippen LogP contribution in [0.4, 0.5) is 11.4 Å². The van der Waals surface area contributed by atoms with Crippen molar-refractivity contribution in [2.45, 2.75) is 11.8 Å². The number of carboxylic acids is 1. The molecule has 1 heterocycles. The molecule has 7 nitrogen and oxygen atoms in total. The first-order chi connectivity index (χ1) is 8.91. The molecule has 1 unspecified atom stereocenters. The van der Waals surface area contributed by atoms with Crippen LogP contribution in [0.15, 0.2) is 18.2 Å². The van der Waals surface area contributed by atoms with Crippen LogP contribution in [0.25, 0.3) is 0 Å². The van der Waals surface area contributed by atoms with Crippen molar-refractivity contribution < 1.29 is 19.6 Å². The molecule has 0 aliphatic carbocycles. The summed E-state index contributed by atoms with van der Waals surface area (Å²) in [5.74, 6) is -1.80. The lowest BCUT2D eigenvalue weighted by Gasteiger charge is -2.17. The minimum Gasteiger partial charge on any atom is -0.477 e. The molecule has 0 bridgehead atoms. The Morgan fingerprint density at radius 2 is 2.21 bits per heavy atom. The number of halogens is 1. The number of nitro groups is 1. The quantitative estimate of drug-likeness (QED) is 0.516. The van der Waals surface area contributed by atoms with Crippen molar-refractivity contribution in [1.29, 1.82) is 0 Å². The third kappa shape index (κ3) is 2.37. The van der Waals surface area contributed by atoms with E-state index in [2.05, 4.69) is 0 Å².